The Morgan fingerprint density at radius 1 is 1.24 bits per heavy atom. The Labute approximate surface area is 168 Å². The second-order valence-corrected chi connectivity index (χ2v) is 7.73. The van der Waals surface area contributed by atoms with Crippen LogP contribution in [0.5, 0.6) is 5.75 Å². The topological polar surface area (TPSA) is 99.0 Å². The largest absolute Gasteiger partial charge is 0.483 e. The third-order valence-corrected chi connectivity index (χ3v) is 4.26. The van der Waals surface area contributed by atoms with Gasteiger partial charge in [-0.2, -0.15) is 0 Å². The first-order valence-electron chi connectivity index (χ1n) is 9.15. The Morgan fingerprint density at radius 3 is 2.55 bits per heavy atom. The molecule has 1 aliphatic rings. The highest BCUT2D eigenvalue weighted by molar-refractivity contribution is 5.99. The molecule has 8 nitrogen and oxygen atoms in total. The third-order valence-electron chi connectivity index (χ3n) is 4.26. The zero-order valence-corrected chi connectivity index (χ0v) is 16.5. The minimum absolute atomic E-state index is 0.0428. The predicted molar refractivity (Wildman–Crippen MR) is 105 cm³/mol. The van der Waals surface area contributed by atoms with Crippen LogP contribution in [-0.2, 0) is 9.53 Å². The van der Waals surface area contributed by atoms with Crippen LogP contribution in [0.3, 0.4) is 0 Å². The lowest BCUT2D eigenvalue weighted by Gasteiger charge is -2.26. The molecule has 152 valence electrons. The maximum atomic E-state index is 13.1. The fourth-order valence-corrected chi connectivity index (χ4v) is 3.05. The summed E-state index contributed by atoms with van der Waals surface area (Å²) in [7, 11) is 0. The molecule has 1 aliphatic heterocycles. The third kappa shape index (κ3) is 4.90. The van der Waals surface area contributed by atoms with Gasteiger partial charge in [-0.25, -0.2) is 0 Å². The molecule has 0 saturated heterocycles. The lowest BCUT2D eigenvalue weighted by atomic mass is 10.1. The van der Waals surface area contributed by atoms with Gasteiger partial charge in [-0.15, -0.1) is 0 Å². The molecule has 8 heteroatoms. The van der Waals surface area contributed by atoms with Gasteiger partial charge in [0, 0.05) is 12.1 Å². The number of esters is 1. The van der Waals surface area contributed by atoms with E-state index in [1.165, 1.54) is 23.1 Å². The van der Waals surface area contributed by atoms with Gasteiger partial charge >= 0.3 is 5.97 Å². The van der Waals surface area contributed by atoms with E-state index in [1.54, 1.807) is 20.8 Å². The summed E-state index contributed by atoms with van der Waals surface area (Å²) in [5.74, 6) is -0.847. The van der Waals surface area contributed by atoms with Crippen LogP contribution >= 0.6 is 0 Å². The van der Waals surface area contributed by atoms with Crippen molar-refractivity contribution in [3.05, 3.63) is 69.8 Å². The molecule has 0 N–H and O–H groups in total. The normalized spacial score (nSPS) is 16.4. The first-order chi connectivity index (χ1) is 13.6. The molecule has 0 saturated carbocycles. The molecule has 1 amide bonds. The highest BCUT2D eigenvalue weighted by Gasteiger charge is 2.33. The molecule has 29 heavy (non-hydrogen) atoms. The number of ether oxygens (including phenoxy) is 2. The van der Waals surface area contributed by atoms with E-state index in [1.807, 2.05) is 30.3 Å². The summed E-state index contributed by atoms with van der Waals surface area (Å²) in [4.78, 5) is 37.3. The van der Waals surface area contributed by atoms with Crippen LogP contribution in [0.1, 0.15) is 42.8 Å². The van der Waals surface area contributed by atoms with Crippen molar-refractivity contribution in [3.63, 3.8) is 0 Å². The summed E-state index contributed by atoms with van der Waals surface area (Å²) in [5, 5.41) is 11.1. The van der Waals surface area contributed by atoms with Gasteiger partial charge in [0.15, 0.2) is 0 Å². The number of rotatable bonds is 4. The monoisotopic (exact) mass is 398 g/mol. The SMILES string of the molecule is CC(C)(C)OC(=O)CN1CC(c2ccccc2)Oc2ccc([N+](=O)[O-])cc2C1=O. The molecule has 1 atom stereocenters. The van der Waals surface area contributed by atoms with E-state index in [2.05, 4.69) is 0 Å². The van der Waals surface area contributed by atoms with E-state index >= 15 is 0 Å². The van der Waals surface area contributed by atoms with Gasteiger partial charge in [-0.1, -0.05) is 30.3 Å². The molecule has 2 aromatic carbocycles. The van der Waals surface area contributed by atoms with Gasteiger partial charge in [-0.3, -0.25) is 19.7 Å². The molecule has 1 unspecified atom stereocenters. The quantitative estimate of drug-likeness (QED) is 0.444. The van der Waals surface area contributed by atoms with Crippen LogP contribution in [0.25, 0.3) is 0 Å². The van der Waals surface area contributed by atoms with Crippen molar-refractivity contribution in [3.8, 4) is 5.75 Å². The van der Waals surface area contributed by atoms with Crippen LogP contribution in [0, 0.1) is 10.1 Å². The van der Waals surface area contributed by atoms with Gasteiger partial charge in [0.2, 0.25) is 0 Å². The maximum Gasteiger partial charge on any atom is 0.326 e. The van der Waals surface area contributed by atoms with Gasteiger partial charge in [0.25, 0.3) is 11.6 Å². The van der Waals surface area contributed by atoms with E-state index in [9.17, 15) is 19.7 Å². The van der Waals surface area contributed by atoms with E-state index in [0.717, 1.165) is 5.56 Å². The fraction of sp³-hybridized carbons (Fsp3) is 0.333. The number of amides is 1. The number of hydrogen-bond donors (Lipinski definition) is 0. The van der Waals surface area contributed by atoms with Crippen molar-refractivity contribution in [2.75, 3.05) is 13.1 Å². The van der Waals surface area contributed by atoms with Crippen LogP contribution in [0.2, 0.25) is 0 Å². The first-order valence-corrected chi connectivity index (χ1v) is 9.15. The molecule has 0 radical (unpaired) electrons. The second kappa shape index (κ2) is 7.90. The van der Waals surface area contributed by atoms with Crippen molar-refractivity contribution in [2.24, 2.45) is 0 Å². The van der Waals surface area contributed by atoms with Crippen molar-refractivity contribution >= 4 is 17.6 Å². The zero-order valence-electron chi connectivity index (χ0n) is 16.5. The average molecular weight is 398 g/mol. The fourth-order valence-electron chi connectivity index (χ4n) is 3.05. The molecule has 0 spiro atoms. The highest BCUT2D eigenvalue weighted by atomic mass is 16.6. The second-order valence-electron chi connectivity index (χ2n) is 7.73. The van der Waals surface area contributed by atoms with Crippen molar-refractivity contribution < 1.29 is 24.0 Å². The summed E-state index contributed by atoms with van der Waals surface area (Å²) in [6.45, 7) is 5.03. The Bertz CT molecular complexity index is 936. The Hall–Kier alpha value is -3.42. The Morgan fingerprint density at radius 2 is 1.93 bits per heavy atom. The molecule has 0 aliphatic carbocycles. The van der Waals surface area contributed by atoms with E-state index < -0.39 is 28.5 Å². The van der Waals surface area contributed by atoms with Gasteiger partial charge in [-0.05, 0) is 32.4 Å². The van der Waals surface area contributed by atoms with Crippen molar-refractivity contribution in [2.45, 2.75) is 32.5 Å². The highest BCUT2D eigenvalue weighted by Crippen LogP contribution is 2.33. The standard InChI is InChI=1S/C21H22N2O6/c1-21(2,3)29-19(24)13-22-12-18(14-7-5-4-6-8-14)28-17-10-9-15(23(26)27)11-16(17)20(22)25/h4-11,18H,12-13H2,1-3H3. The number of non-ortho nitro benzene ring substituents is 1. The lowest BCUT2D eigenvalue weighted by Crippen LogP contribution is -2.40. The number of hydrogen-bond acceptors (Lipinski definition) is 6. The summed E-state index contributed by atoms with van der Waals surface area (Å²) >= 11 is 0. The van der Waals surface area contributed by atoms with Crippen molar-refractivity contribution in [1.29, 1.82) is 0 Å². The minimum Gasteiger partial charge on any atom is -0.483 e. The summed E-state index contributed by atoms with van der Waals surface area (Å²) in [6.07, 6.45) is -0.537. The molecule has 0 aromatic heterocycles. The molecular weight excluding hydrogens is 376 g/mol. The number of carbonyl (C=O) groups is 2. The Kier molecular flexibility index (Phi) is 5.54. The molecule has 0 bridgehead atoms. The maximum absolute atomic E-state index is 13.1. The van der Waals surface area contributed by atoms with Gasteiger partial charge < -0.3 is 14.4 Å². The minimum atomic E-state index is -0.696. The van der Waals surface area contributed by atoms with E-state index in [0.29, 0.717) is 0 Å². The Balaban J connectivity index is 1.98. The number of nitro benzene ring substituents is 1. The number of fused-ring (bicyclic) bond motifs is 1. The number of benzene rings is 2. The average Bonchev–Trinajstić information content (AvgIpc) is 2.78. The molecular formula is C21H22N2O6. The predicted octanol–water partition coefficient (Wildman–Crippen LogP) is 3.51. The van der Waals surface area contributed by atoms with Gasteiger partial charge in [0.05, 0.1) is 17.0 Å². The van der Waals surface area contributed by atoms with Crippen LogP contribution in [0.4, 0.5) is 5.69 Å². The summed E-state index contributed by atoms with van der Waals surface area (Å²) in [5.41, 5.74) is -0.0594. The van der Waals surface area contributed by atoms with Crippen LogP contribution < -0.4 is 4.74 Å². The van der Waals surface area contributed by atoms with Gasteiger partial charge in [0.1, 0.15) is 24.0 Å². The smallest absolute Gasteiger partial charge is 0.326 e. The summed E-state index contributed by atoms with van der Waals surface area (Å²) in [6, 6.07) is 13.2. The van der Waals surface area contributed by atoms with Crippen molar-refractivity contribution in [1.82, 2.24) is 4.90 Å². The molecule has 2 aromatic rings. The lowest BCUT2D eigenvalue weighted by molar-refractivity contribution is -0.384. The molecule has 1 heterocycles. The number of carbonyl (C=O) groups excluding carboxylic acids is 2. The zero-order chi connectivity index (χ0) is 21.2. The van der Waals surface area contributed by atoms with E-state index in [-0.39, 0.29) is 30.1 Å². The van der Waals surface area contributed by atoms with Crippen LogP contribution in [-0.4, -0.2) is 40.4 Å². The first kappa shape index (κ1) is 20.3. The number of nitro groups is 1. The van der Waals surface area contributed by atoms with Crippen LogP contribution in [0.15, 0.2) is 48.5 Å². The molecule has 0 fully saturated rings. The summed E-state index contributed by atoms with van der Waals surface area (Å²) < 4.78 is 11.4. The molecule has 3 rings (SSSR count). The van der Waals surface area contributed by atoms with E-state index in [4.69, 9.17) is 9.47 Å². The number of nitrogens with zero attached hydrogens (tertiary/aromatic N) is 2.